The maximum atomic E-state index is 3.36. The largest absolute Gasteiger partial charge is 0.0648 e. The third-order valence-corrected chi connectivity index (χ3v) is 2.11. The molecule has 0 aliphatic carbocycles. The molecule has 59 valence electrons. The molecule has 0 aliphatic heterocycles. The molecular formula is C11H15. The molecule has 1 aromatic carbocycles. The summed E-state index contributed by atoms with van der Waals surface area (Å²) in [6.45, 7) is 6.54. The van der Waals surface area contributed by atoms with Crippen molar-refractivity contribution in [3.63, 3.8) is 0 Å². The summed E-state index contributed by atoms with van der Waals surface area (Å²) < 4.78 is 0. The first-order valence-corrected chi connectivity index (χ1v) is 4.23. The minimum Gasteiger partial charge on any atom is -0.0648 e. The SMILES string of the molecule is CCC(C)c1[c]c(C)ccc1. The van der Waals surface area contributed by atoms with Gasteiger partial charge in [-0.1, -0.05) is 32.0 Å². The molecule has 1 unspecified atom stereocenters. The van der Waals surface area contributed by atoms with Crippen LogP contribution < -0.4 is 0 Å². The maximum Gasteiger partial charge on any atom is -0.0114 e. The predicted molar refractivity (Wildman–Crippen MR) is 48.7 cm³/mol. The van der Waals surface area contributed by atoms with Crippen molar-refractivity contribution in [1.29, 1.82) is 0 Å². The van der Waals surface area contributed by atoms with Crippen molar-refractivity contribution in [2.45, 2.75) is 33.1 Å². The van der Waals surface area contributed by atoms with Gasteiger partial charge in [0.05, 0.1) is 0 Å². The zero-order valence-electron chi connectivity index (χ0n) is 7.52. The van der Waals surface area contributed by atoms with E-state index in [9.17, 15) is 0 Å². The molecule has 0 heterocycles. The normalized spacial score (nSPS) is 13.0. The van der Waals surface area contributed by atoms with Crippen molar-refractivity contribution in [2.24, 2.45) is 0 Å². The molecule has 0 N–H and O–H groups in total. The Kier molecular flexibility index (Phi) is 2.70. The second-order valence-corrected chi connectivity index (χ2v) is 3.10. The molecule has 0 bridgehead atoms. The summed E-state index contributed by atoms with van der Waals surface area (Å²) in [4.78, 5) is 0. The van der Waals surface area contributed by atoms with Crippen LogP contribution in [0.5, 0.6) is 0 Å². The van der Waals surface area contributed by atoms with E-state index in [0.29, 0.717) is 5.92 Å². The van der Waals surface area contributed by atoms with Crippen LogP contribution in [0, 0.1) is 13.0 Å². The van der Waals surface area contributed by atoms with Gasteiger partial charge in [-0.3, -0.25) is 0 Å². The lowest BCUT2D eigenvalue weighted by molar-refractivity contribution is 0.731. The Labute approximate surface area is 69.3 Å². The fourth-order valence-corrected chi connectivity index (χ4v) is 1.11. The Balaban J connectivity index is 2.86. The highest BCUT2D eigenvalue weighted by atomic mass is 14.1. The molecule has 0 saturated carbocycles. The topological polar surface area (TPSA) is 0 Å². The Morgan fingerprint density at radius 2 is 2.18 bits per heavy atom. The van der Waals surface area contributed by atoms with Gasteiger partial charge in [-0.15, -0.1) is 0 Å². The second kappa shape index (κ2) is 3.56. The first kappa shape index (κ1) is 8.32. The second-order valence-electron chi connectivity index (χ2n) is 3.10. The molecule has 1 atom stereocenters. The van der Waals surface area contributed by atoms with Crippen LogP contribution >= 0.6 is 0 Å². The molecule has 0 amide bonds. The summed E-state index contributed by atoms with van der Waals surface area (Å²) in [5, 5.41) is 0. The number of aryl methyl sites for hydroxylation is 1. The van der Waals surface area contributed by atoms with Gasteiger partial charge in [0.15, 0.2) is 0 Å². The zero-order valence-corrected chi connectivity index (χ0v) is 7.52. The van der Waals surface area contributed by atoms with Crippen LogP contribution in [0.15, 0.2) is 18.2 Å². The van der Waals surface area contributed by atoms with E-state index in [0.717, 1.165) is 0 Å². The monoisotopic (exact) mass is 147 g/mol. The van der Waals surface area contributed by atoms with E-state index in [4.69, 9.17) is 0 Å². The molecule has 1 aromatic rings. The first-order valence-electron chi connectivity index (χ1n) is 4.23. The van der Waals surface area contributed by atoms with Crippen LogP contribution in [0.3, 0.4) is 0 Å². The van der Waals surface area contributed by atoms with Crippen LogP contribution in [0.25, 0.3) is 0 Å². The minimum atomic E-state index is 0.648. The number of benzene rings is 1. The van der Waals surface area contributed by atoms with Crippen molar-refractivity contribution in [2.75, 3.05) is 0 Å². The van der Waals surface area contributed by atoms with Crippen LogP contribution in [-0.4, -0.2) is 0 Å². The van der Waals surface area contributed by atoms with Gasteiger partial charge >= 0.3 is 0 Å². The molecule has 1 radical (unpaired) electrons. The number of hydrogen-bond acceptors (Lipinski definition) is 0. The van der Waals surface area contributed by atoms with Crippen LogP contribution in [-0.2, 0) is 0 Å². The standard InChI is InChI=1S/C11H15/c1-4-10(3)11-7-5-6-9(2)8-11/h5-7,10H,4H2,1-3H3. The highest BCUT2D eigenvalue weighted by Gasteiger charge is 2.01. The van der Waals surface area contributed by atoms with Gasteiger partial charge in [0, 0.05) is 0 Å². The molecule has 0 spiro atoms. The van der Waals surface area contributed by atoms with E-state index in [2.05, 4.69) is 45.0 Å². The van der Waals surface area contributed by atoms with Crippen molar-refractivity contribution >= 4 is 0 Å². The molecule has 11 heavy (non-hydrogen) atoms. The molecule has 0 aromatic heterocycles. The Morgan fingerprint density at radius 3 is 2.73 bits per heavy atom. The average Bonchev–Trinajstić information content (AvgIpc) is 2.03. The van der Waals surface area contributed by atoms with Crippen LogP contribution in [0.1, 0.15) is 37.3 Å². The lowest BCUT2D eigenvalue weighted by atomic mass is 9.97. The van der Waals surface area contributed by atoms with Crippen molar-refractivity contribution in [1.82, 2.24) is 0 Å². The van der Waals surface area contributed by atoms with Crippen molar-refractivity contribution < 1.29 is 0 Å². The molecular weight excluding hydrogens is 132 g/mol. The summed E-state index contributed by atoms with van der Waals surface area (Å²) in [5.41, 5.74) is 2.58. The molecule has 0 nitrogen and oxygen atoms in total. The van der Waals surface area contributed by atoms with E-state index in [-0.39, 0.29) is 0 Å². The smallest absolute Gasteiger partial charge is 0.0114 e. The molecule has 0 fully saturated rings. The summed E-state index contributed by atoms with van der Waals surface area (Å²) >= 11 is 0. The van der Waals surface area contributed by atoms with Gasteiger partial charge in [-0.2, -0.15) is 0 Å². The lowest BCUT2D eigenvalue weighted by Crippen LogP contribution is -1.91. The summed E-state index contributed by atoms with van der Waals surface area (Å²) in [7, 11) is 0. The van der Waals surface area contributed by atoms with Gasteiger partial charge < -0.3 is 0 Å². The van der Waals surface area contributed by atoms with E-state index in [1.807, 2.05) is 0 Å². The van der Waals surface area contributed by atoms with E-state index >= 15 is 0 Å². The molecule has 0 aliphatic rings. The minimum absolute atomic E-state index is 0.648. The third-order valence-electron chi connectivity index (χ3n) is 2.11. The molecule has 0 saturated heterocycles. The van der Waals surface area contributed by atoms with Gasteiger partial charge in [0.25, 0.3) is 0 Å². The zero-order chi connectivity index (χ0) is 8.27. The van der Waals surface area contributed by atoms with Gasteiger partial charge in [-0.05, 0) is 36.5 Å². The first-order chi connectivity index (χ1) is 5.24. The van der Waals surface area contributed by atoms with Crippen molar-refractivity contribution in [3.8, 4) is 0 Å². The van der Waals surface area contributed by atoms with Crippen LogP contribution in [0.4, 0.5) is 0 Å². The van der Waals surface area contributed by atoms with Gasteiger partial charge in [0.2, 0.25) is 0 Å². The van der Waals surface area contributed by atoms with E-state index < -0.39 is 0 Å². The maximum absolute atomic E-state index is 3.36. The van der Waals surface area contributed by atoms with Crippen LogP contribution in [0.2, 0.25) is 0 Å². The van der Waals surface area contributed by atoms with E-state index in [1.165, 1.54) is 17.5 Å². The fourth-order valence-electron chi connectivity index (χ4n) is 1.11. The lowest BCUT2D eigenvalue weighted by Gasteiger charge is -2.07. The quantitative estimate of drug-likeness (QED) is 0.602. The Bertz CT molecular complexity index is 225. The number of hydrogen-bond donors (Lipinski definition) is 0. The van der Waals surface area contributed by atoms with Crippen molar-refractivity contribution in [3.05, 3.63) is 35.4 Å². The summed E-state index contributed by atoms with van der Waals surface area (Å²) in [6.07, 6.45) is 1.19. The Hall–Kier alpha value is -0.780. The molecule has 0 heteroatoms. The predicted octanol–water partition coefficient (Wildman–Crippen LogP) is 3.31. The third kappa shape index (κ3) is 2.07. The highest BCUT2D eigenvalue weighted by Crippen LogP contribution is 2.18. The van der Waals surface area contributed by atoms with E-state index in [1.54, 1.807) is 0 Å². The fraction of sp³-hybridized carbons (Fsp3) is 0.455. The summed E-state index contributed by atoms with van der Waals surface area (Å²) in [6, 6.07) is 9.71. The Morgan fingerprint density at radius 1 is 1.45 bits per heavy atom. The molecule has 1 rings (SSSR count). The highest BCUT2D eigenvalue weighted by molar-refractivity contribution is 5.23. The average molecular weight is 147 g/mol. The van der Waals surface area contributed by atoms with Gasteiger partial charge in [-0.25, -0.2) is 0 Å². The van der Waals surface area contributed by atoms with Gasteiger partial charge in [0.1, 0.15) is 0 Å². The summed E-state index contributed by atoms with van der Waals surface area (Å²) in [5.74, 6) is 0.648. The number of rotatable bonds is 2.